The van der Waals surface area contributed by atoms with E-state index in [4.69, 9.17) is 0 Å². The van der Waals surface area contributed by atoms with Crippen LogP contribution < -0.4 is 5.32 Å². The van der Waals surface area contributed by atoms with Crippen LogP contribution in [0, 0.1) is 5.92 Å². The predicted octanol–water partition coefficient (Wildman–Crippen LogP) is 3.14. The van der Waals surface area contributed by atoms with E-state index in [1.807, 2.05) is 6.07 Å². The maximum absolute atomic E-state index is 3.40. The highest BCUT2D eigenvalue weighted by Crippen LogP contribution is 2.07. The summed E-state index contributed by atoms with van der Waals surface area (Å²) in [5, 5.41) is 3.40. The molecule has 1 nitrogen and oxygen atoms in total. The Bertz CT molecular complexity index is 206. The quantitative estimate of drug-likeness (QED) is 0.719. The minimum atomic E-state index is 0.755. The van der Waals surface area contributed by atoms with Gasteiger partial charge in [-0.2, -0.15) is 0 Å². The van der Waals surface area contributed by atoms with Crippen LogP contribution in [0.3, 0.4) is 0 Å². The summed E-state index contributed by atoms with van der Waals surface area (Å²) in [6, 6.07) is 10.3. The van der Waals surface area contributed by atoms with E-state index in [0.717, 1.165) is 12.5 Å². The summed E-state index contributed by atoms with van der Waals surface area (Å²) in [6.07, 6.45) is 1.24. The van der Waals surface area contributed by atoms with Crippen molar-refractivity contribution in [3.63, 3.8) is 0 Å². The highest BCUT2D eigenvalue weighted by Gasteiger charge is 1.96. The number of para-hydroxylation sites is 1. The Hall–Kier alpha value is -0.980. The van der Waals surface area contributed by atoms with E-state index < -0.39 is 0 Å². The molecule has 1 aromatic carbocycles. The Labute approximate surface area is 74.8 Å². The van der Waals surface area contributed by atoms with Gasteiger partial charge in [0, 0.05) is 12.2 Å². The van der Waals surface area contributed by atoms with Gasteiger partial charge in [0.15, 0.2) is 0 Å². The minimum Gasteiger partial charge on any atom is -0.385 e. The molecule has 0 aromatic heterocycles. The maximum Gasteiger partial charge on any atom is 0.0340 e. The van der Waals surface area contributed by atoms with Gasteiger partial charge >= 0.3 is 0 Å². The summed E-state index contributed by atoms with van der Waals surface area (Å²) >= 11 is 0. The van der Waals surface area contributed by atoms with Gasteiger partial charge in [0.05, 0.1) is 0 Å². The molecule has 1 rings (SSSR count). The second-order valence-corrected chi connectivity index (χ2v) is 3.26. The lowest BCUT2D eigenvalue weighted by molar-refractivity contribution is 0.593. The molecule has 0 spiro atoms. The summed E-state index contributed by atoms with van der Waals surface area (Å²) in [4.78, 5) is 0. The van der Waals surface area contributed by atoms with Gasteiger partial charge in [-0.05, 0) is 18.1 Å². The molecule has 0 aliphatic heterocycles. The molecule has 1 heteroatoms. The first-order valence-corrected chi connectivity index (χ1v) is 4.62. The van der Waals surface area contributed by atoms with Crippen molar-refractivity contribution in [2.75, 3.05) is 11.9 Å². The number of hydrogen-bond donors (Lipinski definition) is 1. The molecular formula is C11H17N. The number of hydrogen-bond acceptors (Lipinski definition) is 1. The predicted molar refractivity (Wildman–Crippen MR) is 54.4 cm³/mol. The second-order valence-electron chi connectivity index (χ2n) is 3.26. The van der Waals surface area contributed by atoms with Crippen molar-refractivity contribution in [1.29, 1.82) is 0 Å². The topological polar surface area (TPSA) is 12.0 Å². The number of nitrogens with one attached hydrogen (secondary N) is 1. The van der Waals surface area contributed by atoms with Crippen LogP contribution in [0.2, 0.25) is 0 Å². The summed E-state index contributed by atoms with van der Waals surface area (Å²) in [7, 11) is 0. The van der Waals surface area contributed by atoms with E-state index in [1.165, 1.54) is 12.1 Å². The standard InChI is InChI=1S/C11H17N/c1-3-10(2)9-12-11-7-5-4-6-8-11/h4-8,10,12H,3,9H2,1-2H3/t10-/m0/s1. The zero-order valence-electron chi connectivity index (χ0n) is 7.88. The molecular weight excluding hydrogens is 146 g/mol. The smallest absolute Gasteiger partial charge is 0.0340 e. The molecule has 66 valence electrons. The van der Waals surface area contributed by atoms with Gasteiger partial charge in [-0.1, -0.05) is 38.5 Å². The van der Waals surface area contributed by atoms with E-state index in [1.54, 1.807) is 0 Å². The Balaban J connectivity index is 2.33. The molecule has 0 heterocycles. The molecule has 0 saturated carbocycles. The van der Waals surface area contributed by atoms with Crippen molar-refractivity contribution in [3.8, 4) is 0 Å². The zero-order chi connectivity index (χ0) is 8.81. The first-order valence-electron chi connectivity index (χ1n) is 4.62. The second kappa shape index (κ2) is 4.81. The lowest BCUT2D eigenvalue weighted by Crippen LogP contribution is -2.09. The van der Waals surface area contributed by atoms with E-state index in [0.29, 0.717) is 0 Å². The van der Waals surface area contributed by atoms with E-state index in [9.17, 15) is 0 Å². The van der Waals surface area contributed by atoms with Crippen LogP contribution >= 0.6 is 0 Å². The highest BCUT2D eigenvalue weighted by atomic mass is 14.9. The van der Waals surface area contributed by atoms with Gasteiger partial charge in [-0.25, -0.2) is 0 Å². The Kier molecular flexibility index (Phi) is 3.65. The van der Waals surface area contributed by atoms with Gasteiger partial charge in [-0.15, -0.1) is 0 Å². The van der Waals surface area contributed by atoms with Crippen molar-refractivity contribution in [3.05, 3.63) is 30.3 Å². The number of anilines is 1. The Morgan fingerprint density at radius 2 is 1.92 bits per heavy atom. The van der Waals surface area contributed by atoms with Crippen molar-refractivity contribution < 1.29 is 0 Å². The van der Waals surface area contributed by atoms with E-state index in [-0.39, 0.29) is 0 Å². The fourth-order valence-corrected chi connectivity index (χ4v) is 0.992. The summed E-state index contributed by atoms with van der Waals surface area (Å²) in [5.74, 6) is 0.755. The lowest BCUT2D eigenvalue weighted by atomic mass is 10.1. The van der Waals surface area contributed by atoms with Crippen LogP contribution in [0.25, 0.3) is 0 Å². The first-order chi connectivity index (χ1) is 5.83. The SMILES string of the molecule is CC[C@H](C)CNc1ccccc1. The fourth-order valence-electron chi connectivity index (χ4n) is 0.992. The molecule has 1 N–H and O–H groups in total. The fraction of sp³-hybridized carbons (Fsp3) is 0.455. The zero-order valence-corrected chi connectivity index (χ0v) is 7.88. The Morgan fingerprint density at radius 1 is 1.25 bits per heavy atom. The third kappa shape index (κ3) is 2.95. The third-order valence-electron chi connectivity index (χ3n) is 2.13. The van der Waals surface area contributed by atoms with Crippen LogP contribution in [-0.2, 0) is 0 Å². The third-order valence-corrected chi connectivity index (χ3v) is 2.13. The highest BCUT2D eigenvalue weighted by molar-refractivity contribution is 5.42. The van der Waals surface area contributed by atoms with Crippen LogP contribution in [0.4, 0.5) is 5.69 Å². The Morgan fingerprint density at radius 3 is 2.50 bits per heavy atom. The normalized spacial score (nSPS) is 12.5. The van der Waals surface area contributed by atoms with Crippen molar-refractivity contribution >= 4 is 5.69 Å². The molecule has 0 amide bonds. The molecule has 0 radical (unpaired) electrons. The van der Waals surface area contributed by atoms with Crippen molar-refractivity contribution in [2.24, 2.45) is 5.92 Å². The van der Waals surface area contributed by atoms with Gasteiger partial charge in [0.2, 0.25) is 0 Å². The van der Waals surface area contributed by atoms with Gasteiger partial charge < -0.3 is 5.32 Å². The first kappa shape index (κ1) is 9.11. The van der Waals surface area contributed by atoms with Crippen LogP contribution in [0.15, 0.2) is 30.3 Å². The summed E-state index contributed by atoms with van der Waals surface area (Å²) in [5.41, 5.74) is 1.22. The molecule has 1 aromatic rings. The van der Waals surface area contributed by atoms with Crippen molar-refractivity contribution in [1.82, 2.24) is 0 Å². The molecule has 0 saturated heterocycles. The summed E-state index contributed by atoms with van der Waals surface area (Å²) in [6.45, 7) is 5.55. The molecule has 12 heavy (non-hydrogen) atoms. The molecule has 0 aliphatic rings. The molecule has 0 fully saturated rings. The largest absolute Gasteiger partial charge is 0.385 e. The minimum absolute atomic E-state index is 0.755. The van der Waals surface area contributed by atoms with Crippen molar-refractivity contribution in [2.45, 2.75) is 20.3 Å². The number of rotatable bonds is 4. The molecule has 0 aliphatic carbocycles. The number of benzene rings is 1. The average molecular weight is 163 g/mol. The van der Waals surface area contributed by atoms with Crippen LogP contribution in [-0.4, -0.2) is 6.54 Å². The molecule has 0 bridgehead atoms. The lowest BCUT2D eigenvalue weighted by Gasteiger charge is -2.10. The van der Waals surface area contributed by atoms with Gasteiger partial charge in [0.25, 0.3) is 0 Å². The molecule has 0 unspecified atom stereocenters. The van der Waals surface area contributed by atoms with Gasteiger partial charge in [0.1, 0.15) is 0 Å². The molecule has 1 atom stereocenters. The van der Waals surface area contributed by atoms with E-state index >= 15 is 0 Å². The maximum atomic E-state index is 3.40. The summed E-state index contributed by atoms with van der Waals surface area (Å²) < 4.78 is 0. The van der Waals surface area contributed by atoms with Gasteiger partial charge in [-0.3, -0.25) is 0 Å². The van der Waals surface area contributed by atoms with Crippen LogP contribution in [0.1, 0.15) is 20.3 Å². The van der Waals surface area contributed by atoms with Crippen LogP contribution in [0.5, 0.6) is 0 Å². The van der Waals surface area contributed by atoms with E-state index in [2.05, 4.69) is 43.4 Å². The monoisotopic (exact) mass is 163 g/mol. The average Bonchev–Trinajstić information content (AvgIpc) is 2.16.